The average molecular weight is 217 g/mol. The lowest BCUT2D eigenvalue weighted by molar-refractivity contribution is 0.589. The third-order valence-electron chi connectivity index (χ3n) is 3.66. The van der Waals surface area contributed by atoms with Crippen LogP contribution in [0.3, 0.4) is 0 Å². The summed E-state index contributed by atoms with van der Waals surface area (Å²) < 4.78 is 0. The van der Waals surface area contributed by atoms with Crippen LogP contribution in [-0.4, -0.2) is 13.6 Å². The molecule has 1 atom stereocenters. The Kier molecular flexibility index (Phi) is 3.07. The van der Waals surface area contributed by atoms with E-state index in [0.717, 1.165) is 12.5 Å². The van der Waals surface area contributed by atoms with E-state index in [2.05, 4.69) is 44.3 Å². The van der Waals surface area contributed by atoms with Crippen LogP contribution in [0.15, 0.2) is 18.2 Å². The summed E-state index contributed by atoms with van der Waals surface area (Å²) in [7, 11) is 2.04. The minimum atomic E-state index is 0.274. The zero-order chi connectivity index (χ0) is 11.8. The van der Waals surface area contributed by atoms with Crippen molar-refractivity contribution in [3.63, 3.8) is 0 Å². The van der Waals surface area contributed by atoms with Crippen LogP contribution in [0, 0.1) is 0 Å². The molecule has 1 aliphatic rings. The highest BCUT2D eigenvalue weighted by molar-refractivity contribution is 5.40. The van der Waals surface area contributed by atoms with Crippen molar-refractivity contribution in [2.45, 2.75) is 44.9 Å². The maximum Gasteiger partial charge on any atom is 0.00173 e. The summed E-state index contributed by atoms with van der Waals surface area (Å²) in [5.74, 6) is 0.731. The minimum Gasteiger partial charge on any atom is -0.319 e. The molecule has 1 aliphatic carbocycles. The topological polar surface area (TPSA) is 12.0 Å². The van der Waals surface area contributed by atoms with E-state index < -0.39 is 0 Å². The van der Waals surface area contributed by atoms with Gasteiger partial charge in [0.15, 0.2) is 0 Å². The van der Waals surface area contributed by atoms with E-state index in [1.807, 2.05) is 7.05 Å². The predicted octanol–water partition coefficient (Wildman–Crippen LogP) is 3.23. The van der Waals surface area contributed by atoms with Gasteiger partial charge in [-0.25, -0.2) is 0 Å². The van der Waals surface area contributed by atoms with Crippen molar-refractivity contribution >= 4 is 0 Å². The zero-order valence-corrected chi connectivity index (χ0v) is 10.9. The number of nitrogens with one attached hydrogen (secondary N) is 1. The highest BCUT2D eigenvalue weighted by Crippen LogP contribution is 2.35. The molecule has 0 radical (unpaired) electrons. The molecule has 0 bridgehead atoms. The molecule has 0 aliphatic heterocycles. The Bertz CT molecular complexity index is 374. The van der Waals surface area contributed by atoms with Crippen LogP contribution in [0.2, 0.25) is 0 Å². The number of benzene rings is 1. The first-order valence-corrected chi connectivity index (χ1v) is 6.30. The Morgan fingerprint density at radius 3 is 2.69 bits per heavy atom. The van der Waals surface area contributed by atoms with Gasteiger partial charge in [-0.3, -0.25) is 0 Å². The molecule has 1 nitrogen and oxygen atoms in total. The first-order chi connectivity index (χ1) is 7.52. The fourth-order valence-corrected chi connectivity index (χ4v) is 2.63. The highest BCUT2D eigenvalue weighted by Gasteiger charge is 2.23. The van der Waals surface area contributed by atoms with E-state index in [9.17, 15) is 0 Å². The van der Waals surface area contributed by atoms with Crippen LogP contribution in [0.25, 0.3) is 0 Å². The Morgan fingerprint density at radius 1 is 1.31 bits per heavy atom. The quantitative estimate of drug-likeness (QED) is 0.802. The second-order valence-electron chi connectivity index (χ2n) is 5.96. The lowest BCUT2D eigenvalue weighted by Crippen LogP contribution is -2.15. The SMILES string of the molecule is CNCC1CCc2cc(C(C)(C)C)ccc21. The third-order valence-corrected chi connectivity index (χ3v) is 3.66. The fourth-order valence-electron chi connectivity index (χ4n) is 2.63. The molecule has 1 aromatic carbocycles. The monoisotopic (exact) mass is 217 g/mol. The highest BCUT2D eigenvalue weighted by atomic mass is 14.8. The molecular weight excluding hydrogens is 194 g/mol. The van der Waals surface area contributed by atoms with Gasteiger partial charge in [-0.2, -0.15) is 0 Å². The number of fused-ring (bicyclic) bond motifs is 1. The molecule has 0 saturated carbocycles. The molecule has 2 rings (SSSR count). The summed E-state index contributed by atoms with van der Waals surface area (Å²) in [6, 6.07) is 7.09. The molecule has 1 unspecified atom stereocenters. The van der Waals surface area contributed by atoms with Gasteiger partial charge >= 0.3 is 0 Å². The lowest BCUT2D eigenvalue weighted by Gasteiger charge is -2.20. The first kappa shape index (κ1) is 11.7. The van der Waals surface area contributed by atoms with Crippen molar-refractivity contribution in [3.8, 4) is 0 Å². The Hall–Kier alpha value is -0.820. The number of hydrogen-bond donors (Lipinski definition) is 1. The van der Waals surface area contributed by atoms with E-state index in [4.69, 9.17) is 0 Å². The van der Waals surface area contributed by atoms with Crippen LogP contribution >= 0.6 is 0 Å². The Labute approximate surface area is 99.3 Å². The second kappa shape index (κ2) is 4.21. The van der Waals surface area contributed by atoms with Crippen molar-refractivity contribution < 1.29 is 0 Å². The molecule has 0 aromatic heterocycles. The molecule has 88 valence electrons. The van der Waals surface area contributed by atoms with Gasteiger partial charge in [0, 0.05) is 6.54 Å². The van der Waals surface area contributed by atoms with Gasteiger partial charge in [-0.15, -0.1) is 0 Å². The lowest BCUT2D eigenvalue weighted by atomic mass is 9.85. The number of rotatable bonds is 2. The van der Waals surface area contributed by atoms with Crippen molar-refractivity contribution in [3.05, 3.63) is 34.9 Å². The fraction of sp³-hybridized carbons (Fsp3) is 0.600. The molecular formula is C15H23N. The van der Waals surface area contributed by atoms with E-state index in [0.29, 0.717) is 0 Å². The van der Waals surface area contributed by atoms with E-state index in [1.54, 1.807) is 11.1 Å². The van der Waals surface area contributed by atoms with Gasteiger partial charge in [-0.1, -0.05) is 39.0 Å². The summed E-state index contributed by atoms with van der Waals surface area (Å²) in [6.45, 7) is 7.97. The molecule has 16 heavy (non-hydrogen) atoms. The first-order valence-electron chi connectivity index (χ1n) is 6.30. The van der Waals surface area contributed by atoms with Gasteiger partial charge in [-0.05, 0) is 47.9 Å². The molecule has 0 heterocycles. The molecule has 0 saturated heterocycles. The van der Waals surface area contributed by atoms with Crippen LogP contribution in [-0.2, 0) is 11.8 Å². The molecule has 0 spiro atoms. The predicted molar refractivity (Wildman–Crippen MR) is 70.1 cm³/mol. The second-order valence-corrected chi connectivity index (χ2v) is 5.96. The van der Waals surface area contributed by atoms with Gasteiger partial charge in [0.2, 0.25) is 0 Å². The minimum absolute atomic E-state index is 0.274. The molecule has 0 amide bonds. The van der Waals surface area contributed by atoms with Gasteiger partial charge in [0.1, 0.15) is 0 Å². The number of hydrogen-bond acceptors (Lipinski definition) is 1. The molecule has 1 aromatic rings. The van der Waals surface area contributed by atoms with E-state index in [1.165, 1.54) is 18.4 Å². The number of aryl methyl sites for hydroxylation is 1. The Balaban J connectivity index is 2.29. The summed E-state index contributed by atoms with van der Waals surface area (Å²) in [6.07, 6.45) is 2.56. The number of likely N-dealkylation sites (N-methyl/N-ethyl adjacent to an activating group) is 1. The Morgan fingerprint density at radius 2 is 2.06 bits per heavy atom. The summed E-state index contributed by atoms with van der Waals surface area (Å²) >= 11 is 0. The smallest absolute Gasteiger partial charge is 0.00173 e. The average Bonchev–Trinajstić information content (AvgIpc) is 2.60. The third kappa shape index (κ3) is 2.15. The molecule has 1 N–H and O–H groups in total. The van der Waals surface area contributed by atoms with Crippen molar-refractivity contribution in [2.24, 2.45) is 0 Å². The summed E-state index contributed by atoms with van der Waals surface area (Å²) in [4.78, 5) is 0. The van der Waals surface area contributed by atoms with E-state index in [-0.39, 0.29) is 5.41 Å². The van der Waals surface area contributed by atoms with Crippen LogP contribution < -0.4 is 5.32 Å². The molecule has 0 fully saturated rings. The van der Waals surface area contributed by atoms with Gasteiger partial charge < -0.3 is 5.32 Å². The summed E-state index contributed by atoms with van der Waals surface area (Å²) in [5.41, 5.74) is 4.89. The largest absolute Gasteiger partial charge is 0.319 e. The van der Waals surface area contributed by atoms with Crippen LogP contribution in [0.4, 0.5) is 0 Å². The van der Waals surface area contributed by atoms with Gasteiger partial charge in [0.25, 0.3) is 0 Å². The van der Waals surface area contributed by atoms with Crippen molar-refractivity contribution in [1.82, 2.24) is 5.32 Å². The van der Waals surface area contributed by atoms with Crippen LogP contribution in [0.1, 0.15) is 49.8 Å². The van der Waals surface area contributed by atoms with E-state index >= 15 is 0 Å². The zero-order valence-electron chi connectivity index (χ0n) is 10.9. The normalized spacial score (nSPS) is 19.9. The summed E-state index contributed by atoms with van der Waals surface area (Å²) in [5, 5.41) is 3.30. The van der Waals surface area contributed by atoms with Crippen LogP contribution in [0.5, 0.6) is 0 Å². The van der Waals surface area contributed by atoms with Crippen molar-refractivity contribution in [2.75, 3.05) is 13.6 Å². The standard InChI is InChI=1S/C15H23N/c1-15(2,3)13-7-8-14-11(9-13)5-6-12(14)10-16-4/h7-9,12,16H,5-6,10H2,1-4H3. The maximum atomic E-state index is 3.30. The van der Waals surface area contributed by atoms with Gasteiger partial charge in [0.05, 0.1) is 0 Å². The maximum absolute atomic E-state index is 3.30. The van der Waals surface area contributed by atoms with Crippen molar-refractivity contribution in [1.29, 1.82) is 0 Å². The molecule has 1 heteroatoms.